The van der Waals surface area contributed by atoms with Crippen LogP contribution in [0.3, 0.4) is 0 Å². The van der Waals surface area contributed by atoms with Gasteiger partial charge in [0.2, 0.25) is 5.89 Å². The molecule has 1 saturated heterocycles. The Morgan fingerprint density at radius 3 is 2.86 bits per heavy atom. The lowest BCUT2D eigenvalue weighted by molar-refractivity contribution is -0.0222. The summed E-state index contributed by atoms with van der Waals surface area (Å²) in [6.07, 6.45) is 8.18. The number of aromatic nitrogens is 2. The second-order valence-electron chi connectivity index (χ2n) is 6.47. The maximum Gasteiger partial charge on any atom is 0.226 e. The average Bonchev–Trinajstić information content (AvgIpc) is 3.06. The van der Waals surface area contributed by atoms with E-state index in [4.69, 9.17) is 19.7 Å². The average molecular weight is 295 g/mol. The Bertz CT molecular complexity index is 451. The minimum absolute atomic E-state index is 0.339. The first-order valence-electron chi connectivity index (χ1n) is 7.99. The van der Waals surface area contributed by atoms with Gasteiger partial charge in [0.1, 0.15) is 5.54 Å². The van der Waals surface area contributed by atoms with E-state index in [1.807, 2.05) is 6.92 Å². The van der Waals surface area contributed by atoms with E-state index in [-0.39, 0.29) is 0 Å². The summed E-state index contributed by atoms with van der Waals surface area (Å²) in [6, 6.07) is 0. The number of nitrogens with two attached hydrogens (primary N) is 1. The van der Waals surface area contributed by atoms with E-state index < -0.39 is 5.54 Å². The van der Waals surface area contributed by atoms with Crippen molar-refractivity contribution in [3.05, 3.63) is 11.7 Å². The van der Waals surface area contributed by atoms with Crippen LogP contribution in [0.4, 0.5) is 0 Å². The Balaban J connectivity index is 1.49. The molecule has 2 N–H and O–H groups in total. The van der Waals surface area contributed by atoms with Crippen molar-refractivity contribution >= 4 is 0 Å². The van der Waals surface area contributed by atoms with Gasteiger partial charge in [-0.15, -0.1) is 0 Å². The fraction of sp³-hybridized carbons (Fsp3) is 0.867. The van der Waals surface area contributed by atoms with Gasteiger partial charge in [-0.25, -0.2) is 0 Å². The fourth-order valence-electron chi connectivity index (χ4n) is 2.64. The van der Waals surface area contributed by atoms with E-state index in [9.17, 15) is 0 Å². The van der Waals surface area contributed by atoms with Gasteiger partial charge in [-0.1, -0.05) is 5.16 Å². The van der Waals surface area contributed by atoms with Gasteiger partial charge in [-0.3, -0.25) is 0 Å². The summed E-state index contributed by atoms with van der Waals surface area (Å²) >= 11 is 0. The van der Waals surface area contributed by atoms with Gasteiger partial charge >= 0.3 is 0 Å². The first-order chi connectivity index (χ1) is 10.1. The molecule has 118 valence electrons. The third-order valence-electron chi connectivity index (χ3n) is 4.35. The summed E-state index contributed by atoms with van der Waals surface area (Å²) in [5.74, 6) is 1.17. The lowest BCUT2D eigenvalue weighted by Gasteiger charge is -2.29. The van der Waals surface area contributed by atoms with Gasteiger partial charge in [0.05, 0.1) is 18.8 Å². The monoisotopic (exact) mass is 295 g/mol. The Labute approximate surface area is 125 Å². The van der Waals surface area contributed by atoms with Crippen molar-refractivity contribution in [3.63, 3.8) is 0 Å². The van der Waals surface area contributed by atoms with E-state index >= 15 is 0 Å². The number of rotatable bonds is 7. The quantitative estimate of drug-likeness (QED) is 0.827. The lowest BCUT2D eigenvalue weighted by atomic mass is 9.95. The van der Waals surface area contributed by atoms with Gasteiger partial charge in [0.25, 0.3) is 0 Å². The molecular weight excluding hydrogens is 270 g/mol. The maximum absolute atomic E-state index is 6.26. The topological polar surface area (TPSA) is 83.4 Å². The molecule has 21 heavy (non-hydrogen) atoms. The standard InChI is InChI=1S/C15H25N3O3/c1-15(16,10-20-11-4-2-5-11)14-17-13(21-18-14)8-7-12-6-3-9-19-12/h11-12H,2-10,16H2,1H3. The van der Waals surface area contributed by atoms with Gasteiger partial charge < -0.3 is 19.7 Å². The number of nitrogens with zero attached hydrogens (tertiary/aromatic N) is 2. The Hall–Kier alpha value is -0.980. The molecule has 1 aromatic rings. The summed E-state index contributed by atoms with van der Waals surface area (Å²) < 4.78 is 16.7. The molecule has 6 nitrogen and oxygen atoms in total. The van der Waals surface area contributed by atoms with Crippen LogP contribution in [0.2, 0.25) is 0 Å². The van der Waals surface area contributed by atoms with Crippen LogP contribution < -0.4 is 5.73 Å². The number of hydrogen-bond acceptors (Lipinski definition) is 6. The predicted octanol–water partition coefficient (Wildman–Crippen LogP) is 1.92. The summed E-state index contributed by atoms with van der Waals surface area (Å²) in [5.41, 5.74) is 5.57. The summed E-state index contributed by atoms with van der Waals surface area (Å²) in [6.45, 7) is 3.20. The molecule has 2 heterocycles. The SMILES string of the molecule is CC(N)(COC1CCC1)c1noc(CCC2CCCO2)n1. The Morgan fingerprint density at radius 2 is 2.19 bits per heavy atom. The molecule has 0 radical (unpaired) electrons. The molecule has 3 rings (SSSR count). The van der Waals surface area contributed by atoms with Crippen LogP contribution in [0, 0.1) is 0 Å². The molecule has 2 atom stereocenters. The van der Waals surface area contributed by atoms with Crippen LogP contribution in [-0.4, -0.2) is 35.6 Å². The van der Waals surface area contributed by atoms with Crippen LogP contribution in [0.1, 0.15) is 57.2 Å². The molecule has 1 saturated carbocycles. The zero-order valence-corrected chi connectivity index (χ0v) is 12.7. The maximum atomic E-state index is 6.26. The fourth-order valence-corrected chi connectivity index (χ4v) is 2.64. The van der Waals surface area contributed by atoms with Gasteiger partial charge in [0.15, 0.2) is 5.82 Å². The van der Waals surface area contributed by atoms with E-state index in [2.05, 4.69) is 10.1 Å². The highest BCUT2D eigenvalue weighted by Gasteiger charge is 2.30. The lowest BCUT2D eigenvalue weighted by Crippen LogP contribution is -2.41. The first-order valence-corrected chi connectivity index (χ1v) is 7.99. The van der Waals surface area contributed by atoms with Gasteiger partial charge in [-0.05, 0) is 45.4 Å². The van der Waals surface area contributed by atoms with Crippen LogP contribution in [-0.2, 0) is 21.4 Å². The molecule has 0 amide bonds. The minimum Gasteiger partial charge on any atom is -0.378 e. The smallest absolute Gasteiger partial charge is 0.226 e. The second-order valence-corrected chi connectivity index (χ2v) is 6.47. The van der Waals surface area contributed by atoms with E-state index in [0.717, 1.165) is 45.1 Å². The van der Waals surface area contributed by atoms with Crippen molar-refractivity contribution in [1.29, 1.82) is 0 Å². The van der Waals surface area contributed by atoms with Crippen molar-refractivity contribution in [3.8, 4) is 0 Å². The van der Waals surface area contributed by atoms with Gasteiger partial charge in [0, 0.05) is 13.0 Å². The molecule has 1 aliphatic carbocycles. The molecule has 0 spiro atoms. The Morgan fingerprint density at radius 1 is 1.33 bits per heavy atom. The van der Waals surface area contributed by atoms with Crippen LogP contribution >= 0.6 is 0 Å². The molecule has 2 aliphatic rings. The third kappa shape index (κ3) is 3.81. The van der Waals surface area contributed by atoms with Crippen molar-refractivity contribution in [2.75, 3.05) is 13.2 Å². The number of aryl methyl sites for hydroxylation is 1. The van der Waals surface area contributed by atoms with Crippen molar-refractivity contribution in [2.24, 2.45) is 5.73 Å². The molecule has 1 aliphatic heterocycles. The van der Waals surface area contributed by atoms with Crippen molar-refractivity contribution in [2.45, 2.75) is 69.6 Å². The molecular formula is C15H25N3O3. The van der Waals surface area contributed by atoms with Crippen LogP contribution in [0.5, 0.6) is 0 Å². The molecule has 2 unspecified atom stereocenters. The van der Waals surface area contributed by atoms with Crippen LogP contribution in [0.15, 0.2) is 4.52 Å². The highest BCUT2D eigenvalue weighted by atomic mass is 16.5. The highest BCUT2D eigenvalue weighted by molar-refractivity contribution is 5.02. The Kier molecular flexibility index (Phi) is 4.57. The third-order valence-corrected chi connectivity index (χ3v) is 4.35. The number of hydrogen-bond donors (Lipinski definition) is 1. The normalized spacial score (nSPS) is 25.7. The number of ether oxygens (including phenoxy) is 2. The zero-order valence-electron chi connectivity index (χ0n) is 12.7. The summed E-state index contributed by atoms with van der Waals surface area (Å²) in [4.78, 5) is 4.43. The molecule has 1 aromatic heterocycles. The molecule has 2 fully saturated rings. The summed E-state index contributed by atoms with van der Waals surface area (Å²) in [7, 11) is 0. The predicted molar refractivity (Wildman–Crippen MR) is 76.7 cm³/mol. The summed E-state index contributed by atoms with van der Waals surface area (Å²) in [5, 5.41) is 4.02. The largest absolute Gasteiger partial charge is 0.378 e. The second kappa shape index (κ2) is 6.42. The van der Waals surface area contributed by atoms with Crippen LogP contribution in [0.25, 0.3) is 0 Å². The van der Waals surface area contributed by atoms with Crippen molar-refractivity contribution in [1.82, 2.24) is 10.1 Å². The van der Waals surface area contributed by atoms with Crippen molar-refractivity contribution < 1.29 is 14.0 Å². The minimum atomic E-state index is -0.693. The van der Waals surface area contributed by atoms with E-state index in [0.29, 0.717) is 30.5 Å². The van der Waals surface area contributed by atoms with E-state index in [1.54, 1.807) is 0 Å². The van der Waals surface area contributed by atoms with E-state index in [1.165, 1.54) is 6.42 Å². The molecule has 6 heteroatoms. The van der Waals surface area contributed by atoms with Gasteiger partial charge in [-0.2, -0.15) is 4.98 Å². The highest BCUT2D eigenvalue weighted by Crippen LogP contribution is 2.25. The zero-order chi connectivity index (χ0) is 14.7. The first kappa shape index (κ1) is 14.9. The molecule has 0 aromatic carbocycles. The molecule has 0 bridgehead atoms.